The minimum absolute atomic E-state index is 0.0527. The van der Waals surface area contributed by atoms with E-state index < -0.39 is 5.97 Å². The lowest BCUT2D eigenvalue weighted by Gasteiger charge is -2.11. The van der Waals surface area contributed by atoms with Gasteiger partial charge in [0.1, 0.15) is 0 Å². The van der Waals surface area contributed by atoms with Gasteiger partial charge < -0.3 is 5.11 Å². The molecule has 22 heavy (non-hydrogen) atoms. The average molecular weight is 286 g/mol. The average Bonchev–Trinajstić information content (AvgIpc) is 2.54. The van der Waals surface area contributed by atoms with Crippen molar-refractivity contribution in [2.45, 2.75) is 6.42 Å². The Balaban J connectivity index is 2.19. The largest absolute Gasteiger partial charge is 0.481 e. The predicted octanol–water partition coefficient (Wildman–Crippen LogP) is 4.77. The van der Waals surface area contributed by atoms with Crippen LogP contribution < -0.4 is 0 Å². The number of carboxylic acids is 1. The van der Waals surface area contributed by atoms with Crippen LogP contribution in [0.3, 0.4) is 0 Å². The summed E-state index contributed by atoms with van der Waals surface area (Å²) in [6, 6.07) is 22.6. The number of benzene rings is 4. The molecule has 1 N–H and O–H groups in total. The van der Waals surface area contributed by atoms with Gasteiger partial charge in [0.25, 0.3) is 0 Å². The van der Waals surface area contributed by atoms with E-state index in [1.54, 1.807) is 0 Å². The topological polar surface area (TPSA) is 37.3 Å². The molecule has 0 saturated carbocycles. The second kappa shape index (κ2) is 4.85. The van der Waals surface area contributed by atoms with E-state index in [-0.39, 0.29) is 6.42 Å². The number of carboxylic acid groups (broad SMARTS) is 1. The van der Waals surface area contributed by atoms with Crippen LogP contribution in [0.15, 0.2) is 66.7 Å². The van der Waals surface area contributed by atoms with Crippen molar-refractivity contribution in [1.82, 2.24) is 0 Å². The third-order valence-electron chi connectivity index (χ3n) is 4.16. The number of hydrogen-bond acceptors (Lipinski definition) is 1. The summed E-state index contributed by atoms with van der Waals surface area (Å²) in [5.41, 5.74) is 0.834. The normalized spacial score (nSPS) is 11.3. The number of fused-ring (bicyclic) bond motifs is 6. The first-order valence-electron chi connectivity index (χ1n) is 7.28. The lowest BCUT2D eigenvalue weighted by Crippen LogP contribution is -1.99. The minimum atomic E-state index is -0.801. The molecule has 0 aromatic heterocycles. The number of rotatable bonds is 2. The molecule has 4 aromatic rings. The first-order valence-corrected chi connectivity index (χ1v) is 7.28. The fraction of sp³-hybridized carbons (Fsp3) is 0.0500. The van der Waals surface area contributed by atoms with Gasteiger partial charge >= 0.3 is 5.97 Å². The van der Waals surface area contributed by atoms with E-state index in [2.05, 4.69) is 30.3 Å². The van der Waals surface area contributed by atoms with Gasteiger partial charge in [-0.3, -0.25) is 4.79 Å². The quantitative estimate of drug-likeness (QED) is 0.539. The summed E-state index contributed by atoms with van der Waals surface area (Å²) in [5, 5.41) is 16.1. The summed E-state index contributed by atoms with van der Waals surface area (Å²) >= 11 is 0. The monoisotopic (exact) mass is 286 g/mol. The third kappa shape index (κ3) is 1.92. The maximum Gasteiger partial charge on any atom is 0.307 e. The second-order valence-electron chi connectivity index (χ2n) is 5.54. The minimum Gasteiger partial charge on any atom is -0.481 e. The van der Waals surface area contributed by atoms with Crippen LogP contribution in [0.5, 0.6) is 0 Å². The Labute approximate surface area is 127 Å². The van der Waals surface area contributed by atoms with Crippen LogP contribution in [0.1, 0.15) is 5.56 Å². The maximum absolute atomic E-state index is 11.0. The second-order valence-corrected chi connectivity index (χ2v) is 5.54. The first kappa shape index (κ1) is 12.8. The van der Waals surface area contributed by atoms with Gasteiger partial charge in [-0.1, -0.05) is 60.7 Å². The van der Waals surface area contributed by atoms with E-state index >= 15 is 0 Å². The molecule has 0 unspecified atom stereocenters. The Morgan fingerprint density at radius 1 is 0.682 bits per heavy atom. The number of aliphatic carboxylic acids is 1. The third-order valence-corrected chi connectivity index (χ3v) is 4.16. The maximum atomic E-state index is 11.0. The van der Waals surface area contributed by atoms with Crippen LogP contribution in [0, 0.1) is 0 Å². The van der Waals surface area contributed by atoms with Crippen LogP contribution in [-0.2, 0) is 11.2 Å². The molecule has 0 bridgehead atoms. The van der Waals surface area contributed by atoms with Crippen molar-refractivity contribution < 1.29 is 9.90 Å². The van der Waals surface area contributed by atoms with Gasteiger partial charge in [0.15, 0.2) is 0 Å². The molecule has 0 atom stereocenters. The van der Waals surface area contributed by atoms with Crippen LogP contribution in [-0.4, -0.2) is 11.1 Å². The Kier molecular flexibility index (Phi) is 2.83. The summed E-state index contributed by atoms with van der Waals surface area (Å²) in [6.07, 6.45) is 0.0527. The van der Waals surface area contributed by atoms with Gasteiger partial charge in [-0.25, -0.2) is 0 Å². The molecular weight excluding hydrogens is 272 g/mol. The van der Waals surface area contributed by atoms with Gasteiger partial charge in [-0.05, 0) is 43.9 Å². The molecule has 4 rings (SSSR count). The molecular formula is C20H14O2. The van der Waals surface area contributed by atoms with Crippen molar-refractivity contribution in [1.29, 1.82) is 0 Å². The molecule has 0 amide bonds. The summed E-state index contributed by atoms with van der Waals surface area (Å²) in [4.78, 5) is 11.0. The Hall–Kier alpha value is -2.87. The SMILES string of the molecule is O=C(O)Cc1ccc2c3ccccc3c3ccccc3c2c1. The molecule has 0 aliphatic carbocycles. The van der Waals surface area contributed by atoms with Crippen molar-refractivity contribution in [3.63, 3.8) is 0 Å². The zero-order chi connectivity index (χ0) is 15.1. The van der Waals surface area contributed by atoms with Gasteiger partial charge in [0.05, 0.1) is 6.42 Å². The van der Waals surface area contributed by atoms with Crippen LogP contribution >= 0.6 is 0 Å². The Morgan fingerprint density at radius 2 is 1.14 bits per heavy atom. The molecule has 0 radical (unpaired) electrons. The molecule has 0 fully saturated rings. The highest BCUT2D eigenvalue weighted by Crippen LogP contribution is 2.35. The van der Waals surface area contributed by atoms with E-state index in [1.165, 1.54) is 26.9 Å². The summed E-state index contributed by atoms with van der Waals surface area (Å²) in [6.45, 7) is 0. The smallest absolute Gasteiger partial charge is 0.307 e. The highest BCUT2D eigenvalue weighted by molar-refractivity contribution is 6.25. The zero-order valence-electron chi connectivity index (χ0n) is 11.9. The summed E-state index contributed by atoms with van der Waals surface area (Å²) < 4.78 is 0. The van der Waals surface area contributed by atoms with E-state index in [9.17, 15) is 4.79 Å². The molecule has 0 heterocycles. The van der Waals surface area contributed by atoms with Crippen LogP contribution in [0.2, 0.25) is 0 Å². The van der Waals surface area contributed by atoms with Gasteiger partial charge in [0, 0.05) is 0 Å². The Morgan fingerprint density at radius 3 is 1.64 bits per heavy atom. The molecule has 106 valence electrons. The molecule has 0 spiro atoms. The van der Waals surface area contributed by atoms with Crippen molar-refractivity contribution in [2.24, 2.45) is 0 Å². The Bertz CT molecular complexity index is 996. The van der Waals surface area contributed by atoms with Crippen molar-refractivity contribution >= 4 is 38.3 Å². The highest BCUT2D eigenvalue weighted by Gasteiger charge is 2.09. The molecule has 0 aliphatic rings. The first-order chi connectivity index (χ1) is 10.7. The molecule has 0 aliphatic heterocycles. The van der Waals surface area contributed by atoms with E-state index in [1.807, 2.05) is 36.4 Å². The van der Waals surface area contributed by atoms with Crippen LogP contribution in [0.4, 0.5) is 0 Å². The van der Waals surface area contributed by atoms with E-state index in [0.29, 0.717) is 0 Å². The molecule has 4 aromatic carbocycles. The highest BCUT2D eigenvalue weighted by atomic mass is 16.4. The lowest BCUT2D eigenvalue weighted by atomic mass is 9.93. The van der Waals surface area contributed by atoms with Crippen molar-refractivity contribution in [3.05, 3.63) is 72.3 Å². The molecule has 2 heteroatoms. The van der Waals surface area contributed by atoms with Crippen molar-refractivity contribution in [2.75, 3.05) is 0 Å². The summed E-state index contributed by atoms with van der Waals surface area (Å²) in [7, 11) is 0. The fourth-order valence-electron chi connectivity index (χ4n) is 3.24. The van der Waals surface area contributed by atoms with Crippen molar-refractivity contribution in [3.8, 4) is 0 Å². The van der Waals surface area contributed by atoms with E-state index in [0.717, 1.165) is 10.9 Å². The predicted molar refractivity (Wildman–Crippen MR) is 90.3 cm³/mol. The lowest BCUT2D eigenvalue weighted by molar-refractivity contribution is -0.136. The van der Waals surface area contributed by atoms with E-state index in [4.69, 9.17) is 5.11 Å². The van der Waals surface area contributed by atoms with Gasteiger partial charge in [-0.2, -0.15) is 0 Å². The number of hydrogen-bond donors (Lipinski definition) is 1. The molecule has 0 saturated heterocycles. The fourth-order valence-corrected chi connectivity index (χ4v) is 3.24. The van der Waals surface area contributed by atoms with Gasteiger partial charge in [-0.15, -0.1) is 0 Å². The zero-order valence-corrected chi connectivity index (χ0v) is 11.9. The standard InChI is InChI=1S/C20H14O2/c21-20(22)12-13-9-10-18-16-7-2-1-5-14(16)15-6-3-4-8-17(15)19(18)11-13/h1-11H,12H2,(H,21,22). The van der Waals surface area contributed by atoms with Gasteiger partial charge in [0.2, 0.25) is 0 Å². The number of carbonyl (C=O) groups is 1. The molecule has 2 nitrogen and oxygen atoms in total. The van der Waals surface area contributed by atoms with Crippen LogP contribution in [0.25, 0.3) is 32.3 Å². The summed E-state index contributed by atoms with van der Waals surface area (Å²) in [5.74, 6) is -0.801.